The average molecular weight is 1370 g/mol. The van der Waals surface area contributed by atoms with Gasteiger partial charge in [-0.1, -0.05) is 322 Å². The van der Waals surface area contributed by atoms with E-state index in [0.717, 1.165) is 154 Å². The molecular weight excluding hydrogens is 1230 g/mol. The third-order valence-corrected chi connectivity index (χ3v) is 16.5. The fourth-order valence-corrected chi connectivity index (χ4v) is 10.4. The lowest BCUT2D eigenvalue weighted by molar-refractivity contribution is -0.870. The fraction of sp³-hybridized carbons (Fsp3) is 0.568. The highest BCUT2D eigenvalue weighted by atomic mass is 31.2. The van der Waals surface area contributed by atoms with Gasteiger partial charge in [0.2, 0.25) is 0 Å². The van der Waals surface area contributed by atoms with Crippen LogP contribution < -0.4 is 4.89 Å². The van der Waals surface area contributed by atoms with Crippen molar-refractivity contribution in [1.29, 1.82) is 0 Å². The number of phosphoric acid groups is 1. The molecule has 0 aromatic rings. The van der Waals surface area contributed by atoms with Crippen LogP contribution in [0.4, 0.5) is 0 Å². The highest BCUT2D eigenvalue weighted by Gasteiger charge is 2.22. The number of esters is 2. The van der Waals surface area contributed by atoms with E-state index < -0.39 is 32.5 Å². The van der Waals surface area contributed by atoms with Crippen LogP contribution >= 0.6 is 7.82 Å². The highest BCUT2D eigenvalue weighted by molar-refractivity contribution is 7.45. The monoisotopic (exact) mass is 1370 g/mol. The summed E-state index contributed by atoms with van der Waals surface area (Å²) in [6.07, 6.45) is 120. The van der Waals surface area contributed by atoms with Crippen molar-refractivity contribution in [3.05, 3.63) is 219 Å². The SMILES string of the molecule is CC/C=C\C/C=C\C/C=C\C/C=C\C/C=C\C/C=C\C/C=C\C/C=C\C/C=C\C/C=C\C/C=C\CCCCCC(=O)OC(COC(=O)CCCCCCCCCCCCCCCCC/C=C\C/C=C\C/C=C\C/C=C\C/C=C\C/C=C\C/C=C\CC)COP(=O)([O-])OCC[N+](C)(C)C. The van der Waals surface area contributed by atoms with Crippen LogP contribution in [0.1, 0.15) is 271 Å². The number of phosphoric ester groups is 1. The summed E-state index contributed by atoms with van der Waals surface area (Å²) in [5.74, 6) is -0.884. The van der Waals surface area contributed by atoms with Crippen molar-refractivity contribution in [2.45, 2.75) is 277 Å². The zero-order valence-electron chi connectivity index (χ0n) is 62.6. The van der Waals surface area contributed by atoms with Crippen LogP contribution in [0.3, 0.4) is 0 Å². The smallest absolute Gasteiger partial charge is 0.306 e. The Kier molecular flexibility index (Phi) is 71.2. The lowest BCUT2D eigenvalue weighted by Crippen LogP contribution is -2.37. The minimum atomic E-state index is -4.67. The third-order valence-electron chi connectivity index (χ3n) is 15.5. The molecular formula is C88H140NO8P. The first-order chi connectivity index (χ1) is 48.0. The van der Waals surface area contributed by atoms with Crippen molar-refractivity contribution >= 4 is 19.8 Å². The molecule has 0 aliphatic carbocycles. The molecule has 0 bridgehead atoms. The van der Waals surface area contributed by atoms with Gasteiger partial charge in [0, 0.05) is 12.8 Å². The predicted molar refractivity (Wildman–Crippen MR) is 424 cm³/mol. The van der Waals surface area contributed by atoms with Crippen LogP contribution in [0, 0.1) is 0 Å². The highest BCUT2D eigenvalue weighted by Crippen LogP contribution is 2.38. The number of ether oxygens (including phenoxy) is 2. The number of nitrogens with zero attached hydrogens (tertiary/aromatic N) is 1. The van der Waals surface area contributed by atoms with Gasteiger partial charge in [0.05, 0.1) is 27.7 Å². The molecule has 0 aliphatic heterocycles. The Morgan fingerprint density at radius 1 is 0.316 bits per heavy atom. The molecule has 550 valence electrons. The zero-order chi connectivity index (χ0) is 71.1. The van der Waals surface area contributed by atoms with Crippen molar-refractivity contribution in [2.24, 2.45) is 0 Å². The maximum absolute atomic E-state index is 12.9. The summed E-state index contributed by atoms with van der Waals surface area (Å²) < 4.78 is 34.3. The first-order valence-electron chi connectivity index (χ1n) is 38.4. The summed E-state index contributed by atoms with van der Waals surface area (Å²) in [5.41, 5.74) is 0. The summed E-state index contributed by atoms with van der Waals surface area (Å²) in [6.45, 7) is 3.96. The number of rotatable bonds is 68. The molecule has 0 spiro atoms. The fourth-order valence-electron chi connectivity index (χ4n) is 9.70. The second-order valence-electron chi connectivity index (χ2n) is 25.9. The Labute approximate surface area is 601 Å². The van der Waals surface area contributed by atoms with E-state index in [2.05, 4.69) is 233 Å². The third kappa shape index (κ3) is 79.3. The Hall–Kier alpha value is -5.67. The Balaban J connectivity index is 4.15. The predicted octanol–water partition coefficient (Wildman–Crippen LogP) is 25.3. The van der Waals surface area contributed by atoms with E-state index in [1.54, 1.807) is 0 Å². The number of carbonyl (C=O) groups is 2. The van der Waals surface area contributed by atoms with Gasteiger partial charge in [-0.2, -0.15) is 0 Å². The van der Waals surface area contributed by atoms with Gasteiger partial charge in [-0.3, -0.25) is 14.2 Å². The van der Waals surface area contributed by atoms with Crippen molar-refractivity contribution in [1.82, 2.24) is 0 Å². The van der Waals surface area contributed by atoms with E-state index in [0.29, 0.717) is 23.9 Å². The number of unbranched alkanes of at least 4 members (excludes halogenated alkanes) is 18. The molecule has 0 saturated heterocycles. The van der Waals surface area contributed by atoms with Crippen LogP contribution in [0.25, 0.3) is 0 Å². The summed E-state index contributed by atoms with van der Waals surface area (Å²) in [6, 6.07) is 0. The molecule has 0 aromatic heterocycles. The summed E-state index contributed by atoms with van der Waals surface area (Å²) in [4.78, 5) is 38.1. The number of hydrogen-bond acceptors (Lipinski definition) is 8. The molecule has 0 radical (unpaired) electrons. The summed E-state index contributed by atoms with van der Waals surface area (Å²) in [7, 11) is 1.12. The number of allylic oxidation sites excluding steroid dienone is 36. The molecule has 0 rings (SSSR count). The maximum Gasteiger partial charge on any atom is 0.306 e. The molecule has 0 amide bonds. The van der Waals surface area contributed by atoms with Gasteiger partial charge in [-0.25, -0.2) is 0 Å². The van der Waals surface area contributed by atoms with Gasteiger partial charge in [-0.15, -0.1) is 0 Å². The molecule has 2 atom stereocenters. The molecule has 0 N–H and O–H groups in total. The molecule has 9 nitrogen and oxygen atoms in total. The van der Waals surface area contributed by atoms with Crippen LogP contribution in [-0.2, 0) is 32.7 Å². The molecule has 0 aromatic carbocycles. The molecule has 0 aliphatic rings. The summed E-state index contributed by atoms with van der Waals surface area (Å²) >= 11 is 0. The van der Waals surface area contributed by atoms with E-state index >= 15 is 0 Å². The van der Waals surface area contributed by atoms with Crippen LogP contribution in [-0.4, -0.2) is 70.0 Å². The van der Waals surface area contributed by atoms with E-state index in [1.807, 2.05) is 21.1 Å². The Morgan fingerprint density at radius 2 is 0.551 bits per heavy atom. The first kappa shape index (κ1) is 92.3. The van der Waals surface area contributed by atoms with E-state index in [9.17, 15) is 19.0 Å². The van der Waals surface area contributed by atoms with Crippen molar-refractivity contribution < 1.29 is 42.1 Å². The minimum Gasteiger partial charge on any atom is -0.756 e. The van der Waals surface area contributed by atoms with Gasteiger partial charge in [0.25, 0.3) is 7.82 Å². The second kappa shape index (κ2) is 75.5. The molecule has 98 heavy (non-hydrogen) atoms. The zero-order valence-corrected chi connectivity index (χ0v) is 63.5. The van der Waals surface area contributed by atoms with E-state index in [1.165, 1.54) is 77.0 Å². The van der Waals surface area contributed by atoms with Crippen molar-refractivity contribution in [2.75, 3.05) is 47.5 Å². The van der Waals surface area contributed by atoms with Gasteiger partial charge in [0.1, 0.15) is 19.8 Å². The number of hydrogen-bond donors (Lipinski definition) is 0. The molecule has 10 heteroatoms. The van der Waals surface area contributed by atoms with Crippen LogP contribution in [0.15, 0.2) is 219 Å². The normalized spacial score (nSPS) is 14.3. The van der Waals surface area contributed by atoms with Gasteiger partial charge >= 0.3 is 11.9 Å². The van der Waals surface area contributed by atoms with Crippen molar-refractivity contribution in [3.8, 4) is 0 Å². The number of likely N-dealkylation sites (N-methyl/N-ethyl adjacent to an activating group) is 1. The molecule has 0 saturated carbocycles. The topological polar surface area (TPSA) is 111 Å². The Morgan fingerprint density at radius 3 is 0.827 bits per heavy atom. The van der Waals surface area contributed by atoms with Crippen LogP contribution in [0.5, 0.6) is 0 Å². The molecule has 2 unspecified atom stereocenters. The van der Waals surface area contributed by atoms with Gasteiger partial charge in [-0.05, 0) is 154 Å². The second-order valence-corrected chi connectivity index (χ2v) is 27.3. The number of carbonyl (C=O) groups excluding carboxylic acids is 2. The van der Waals surface area contributed by atoms with Gasteiger partial charge < -0.3 is 27.9 Å². The maximum atomic E-state index is 12.9. The van der Waals surface area contributed by atoms with Crippen molar-refractivity contribution in [3.63, 3.8) is 0 Å². The van der Waals surface area contributed by atoms with E-state index in [-0.39, 0.29) is 26.1 Å². The number of quaternary nitrogens is 1. The Bertz CT molecular complexity index is 2460. The van der Waals surface area contributed by atoms with Crippen LogP contribution in [0.2, 0.25) is 0 Å². The largest absolute Gasteiger partial charge is 0.756 e. The molecule has 0 heterocycles. The standard InChI is InChI=1S/C88H140NO8P/c1-6-8-10-12-14-16-18-20-22-24-26-28-30-32-34-36-38-40-42-44-46-48-50-52-54-56-58-60-62-64-66-68-70-72-74-76-78-80-87(90)94-84-86(85-96-98(92,93)95-83-82-89(3,4)5)97-88(91)81-79-77-75-73-71-69-67-65-63-61-59-57-55-53-51-49-47-45-43-41-39-37-35-33-31-29-27-25-23-21-19-17-15-13-11-9-7-2/h8-11,14-17,20-23,26-29,32-35,38-41,44-47,51,53,57,59,63,65,69,71,86H,6-7,12-13,18-19,24-25,30-31,36-37,42-43,48-50,52,54-56,58,60-62,64,66-68,70,72-85H2,1-5H3/b10-8-,11-9-,16-14-,17-15-,22-20-,23-21-,28-26-,29-27-,34-32-,35-33-,40-38-,41-39-,46-44-,47-45-,53-51-,59-57-,65-63-,71-69-. The minimum absolute atomic E-state index is 0.0486. The van der Waals surface area contributed by atoms with Gasteiger partial charge in [0.15, 0.2) is 6.10 Å². The average Bonchev–Trinajstić information content (AvgIpc) is 1.08. The van der Waals surface area contributed by atoms with E-state index in [4.69, 9.17) is 18.5 Å². The summed E-state index contributed by atoms with van der Waals surface area (Å²) in [5, 5.41) is 0. The first-order valence-corrected chi connectivity index (χ1v) is 39.9. The molecule has 0 fully saturated rings. The lowest BCUT2D eigenvalue weighted by atomic mass is 10.0. The lowest BCUT2D eigenvalue weighted by Gasteiger charge is -2.28. The quantitative estimate of drug-likeness (QED) is 0.0195.